The van der Waals surface area contributed by atoms with Crippen molar-refractivity contribution in [3.05, 3.63) is 29.8 Å². The minimum absolute atomic E-state index is 0.136. The fourth-order valence-electron chi connectivity index (χ4n) is 5.20. The van der Waals surface area contributed by atoms with E-state index in [0.717, 1.165) is 57.9 Å². The molecule has 3 aliphatic heterocycles. The monoisotopic (exact) mass is 418 g/mol. The van der Waals surface area contributed by atoms with Crippen LogP contribution in [0.5, 0.6) is 5.75 Å². The molecule has 1 spiro atoms. The largest absolute Gasteiger partial charge is 0.491 e. The Kier molecular flexibility index (Phi) is 7.32. The molecule has 168 valence electrons. The van der Waals surface area contributed by atoms with Crippen molar-refractivity contribution in [1.29, 1.82) is 0 Å². The molecule has 0 bridgehead atoms. The number of hydrogen-bond acceptors (Lipinski definition) is 6. The third kappa shape index (κ3) is 5.95. The second-order valence-corrected chi connectivity index (χ2v) is 9.50. The lowest BCUT2D eigenvalue weighted by Gasteiger charge is -2.39. The van der Waals surface area contributed by atoms with E-state index in [2.05, 4.69) is 35.8 Å². The van der Waals surface area contributed by atoms with Crippen molar-refractivity contribution in [3.8, 4) is 5.75 Å². The molecular weight excluding hydrogens is 380 g/mol. The molecule has 3 saturated heterocycles. The van der Waals surface area contributed by atoms with Crippen LogP contribution in [0.2, 0.25) is 0 Å². The summed E-state index contributed by atoms with van der Waals surface area (Å²) in [6.07, 6.45) is 4.67. The smallest absolute Gasteiger partial charge is 0.119 e. The predicted molar refractivity (Wildman–Crippen MR) is 117 cm³/mol. The van der Waals surface area contributed by atoms with Gasteiger partial charge in [0.2, 0.25) is 0 Å². The molecule has 30 heavy (non-hydrogen) atoms. The summed E-state index contributed by atoms with van der Waals surface area (Å²) in [6, 6.07) is 8.27. The van der Waals surface area contributed by atoms with Crippen LogP contribution < -0.4 is 4.74 Å². The summed E-state index contributed by atoms with van der Waals surface area (Å²) in [5.74, 6) is 0.818. The molecule has 1 N–H and O–H groups in total. The Morgan fingerprint density at radius 3 is 2.40 bits per heavy atom. The fraction of sp³-hybridized carbons (Fsp3) is 0.750. The number of aliphatic hydroxyl groups excluding tert-OH is 1. The van der Waals surface area contributed by atoms with E-state index in [1.54, 1.807) is 0 Å². The zero-order valence-corrected chi connectivity index (χ0v) is 18.6. The molecule has 0 aliphatic carbocycles. The Bertz CT molecular complexity index is 642. The summed E-state index contributed by atoms with van der Waals surface area (Å²) < 4.78 is 17.6. The van der Waals surface area contributed by atoms with E-state index in [1.165, 1.54) is 18.4 Å². The third-order valence-electron chi connectivity index (χ3n) is 6.69. The number of likely N-dealkylation sites (tertiary alicyclic amines) is 1. The topological polar surface area (TPSA) is 54.4 Å². The molecule has 0 aromatic heterocycles. The van der Waals surface area contributed by atoms with Gasteiger partial charge in [0, 0.05) is 45.9 Å². The van der Waals surface area contributed by atoms with Gasteiger partial charge in [0.25, 0.3) is 0 Å². The molecule has 0 saturated carbocycles. The SMILES string of the molecule is C[C@@H]1CN(Cc2ccc(OCC(O)CN3CCC4(CCCO4)CC3)cc2)C[C@H](C)O1. The van der Waals surface area contributed by atoms with Crippen molar-refractivity contribution in [2.75, 3.05) is 45.9 Å². The van der Waals surface area contributed by atoms with Crippen LogP contribution in [0.1, 0.15) is 45.1 Å². The van der Waals surface area contributed by atoms with Crippen LogP contribution in [0.25, 0.3) is 0 Å². The van der Waals surface area contributed by atoms with Gasteiger partial charge in [-0.2, -0.15) is 0 Å². The normalized spacial score (nSPS) is 28.6. The number of β-amino-alcohol motifs (C(OH)–C–C–N with tert-alkyl or cyclic N) is 1. The molecule has 0 radical (unpaired) electrons. The second kappa shape index (κ2) is 9.96. The van der Waals surface area contributed by atoms with E-state index in [1.807, 2.05) is 12.1 Å². The van der Waals surface area contributed by atoms with Crippen molar-refractivity contribution in [1.82, 2.24) is 9.80 Å². The Balaban J connectivity index is 1.17. The van der Waals surface area contributed by atoms with Crippen LogP contribution >= 0.6 is 0 Å². The Hall–Kier alpha value is -1.18. The molecule has 3 aliphatic rings. The maximum absolute atomic E-state index is 10.4. The van der Waals surface area contributed by atoms with Gasteiger partial charge < -0.3 is 24.2 Å². The maximum Gasteiger partial charge on any atom is 0.119 e. The quantitative estimate of drug-likeness (QED) is 0.735. The first-order chi connectivity index (χ1) is 14.5. The van der Waals surface area contributed by atoms with E-state index in [4.69, 9.17) is 14.2 Å². The van der Waals surface area contributed by atoms with Gasteiger partial charge in [-0.3, -0.25) is 4.90 Å². The molecule has 3 atom stereocenters. The van der Waals surface area contributed by atoms with E-state index in [0.29, 0.717) is 13.2 Å². The first-order valence-electron chi connectivity index (χ1n) is 11.6. The van der Waals surface area contributed by atoms with Gasteiger partial charge in [-0.25, -0.2) is 0 Å². The Morgan fingerprint density at radius 2 is 1.77 bits per heavy atom. The maximum atomic E-state index is 10.4. The minimum atomic E-state index is -0.473. The van der Waals surface area contributed by atoms with Gasteiger partial charge in [0.05, 0.1) is 17.8 Å². The van der Waals surface area contributed by atoms with E-state index >= 15 is 0 Å². The number of benzene rings is 1. The zero-order valence-electron chi connectivity index (χ0n) is 18.6. The molecule has 6 nitrogen and oxygen atoms in total. The van der Waals surface area contributed by atoms with Crippen molar-refractivity contribution < 1.29 is 19.3 Å². The van der Waals surface area contributed by atoms with Crippen LogP contribution in [0.4, 0.5) is 0 Å². The summed E-state index contributed by atoms with van der Waals surface area (Å²) in [5, 5.41) is 10.4. The van der Waals surface area contributed by atoms with Crippen molar-refractivity contribution in [2.45, 2.75) is 70.0 Å². The number of aliphatic hydroxyl groups is 1. The molecule has 1 aromatic rings. The van der Waals surface area contributed by atoms with E-state index in [9.17, 15) is 5.11 Å². The van der Waals surface area contributed by atoms with E-state index in [-0.39, 0.29) is 17.8 Å². The summed E-state index contributed by atoms with van der Waals surface area (Å²) in [5.41, 5.74) is 1.41. The zero-order chi connectivity index (χ0) is 21.0. The third-order valence-corrected chi connectivity index (χ3v) is 6.69. The first-order valence-corrected chi connectivity index (χ1v) is 11.6. The molecule has 3 fully saturated rings. The fourth-order valence-corrected chi connectivity index (χ4v) is 5.20. The van der Waals surface area contributed by atoms with Gasteiger partial charge in [-0.05, 0) is 57.2 Å². The van der Waals surface area contributed by atoms with Crippen molar-refractivity contribution in [3.63, 3.8) is 0 Å². The van der Waals surface area contributed by atoms with Crippen LogP contribution in [0.15, 0.2) is 24.3 Å². The minimum Gasteiger partial charge on any atom is -0.491 e. The Morgan fingerprint density at radius 1 is 1.07 bits per heavy atom. The highest BCUT2D eigenvalue weighted by atomic mass is 16.5. The van der Waals surface area contributed by atoms with Gasteiger partial charge in [0.1, 0.15) is 18.5 Å². The lowest BCUT2D eigenvalue weighted by molar-refractivity contribution is -0.0704. The molecule has 1 aromatic carbocycles. The molecular formula is C24H38N2O4. The van der Waals surface area contributed by atoms with Crippen molar-refractivity contribution >= 4 is 0 Å². The van der Waals surface area contributed by atoms with Gasteiger partial charge >= 0.3 is 0 Å². The molecule has 0 amide bonds. The number of rotatable bonds is 7. The van der Waals surface area contributed by atoms with Crippen LogP contribution in [0, 0.1) is 0 Å². The lowest BCUT2D eigenvalue weighted by atomic mass is 9.88. The van der Waals surface area contributed by atoms with Crippen LogP contribution in [0.3, 0.4) is 0 Å². The summed E-state index contributed by atoms with van der Waals surface area (Å²) in [4.78, 5) is 4.78. The number of piperidine rings is 1. The molecule has 3 heterocycles. The molecule has 4 rings (SSSR count). The van der Waals surface area contributed by atoms with Crippen LogP contribution in [-0.4, -0.2) is 84.8 Å². The second-order valence-electron chi connectivity index (χ2n) is 9.50. The average Bonchev–Trinajstić information content (AvgIpc) is 3.17. The number of nitrogens with zero attached hydrogens (tertiary/aromatic N) is 2. The number of ether oxygens (including phenoxy) is 3. The van der Waals surface area contributed by atoms with Gasteiger partial charge in [0.15, 0.2) is 0 Å². The first kappa shape index (κ1) is 22.0. The standard InChI is InChI=1S/C24H38N2O4/c1-19-14-26(15-20(2)30-19)16-21-4-6-23(7-5-21)28-18-22(27)17-25-11-9-24(10-12-25)8-3-13-29-24/h4-7,19-20,22,27H,3,8-18H2,1-2H3/t19-,20+,22?. The summed E-state index contributed by atoms with van der Waals surface area (Å²) in [7, 11) is 0. The van der Waals surface area contributed by atoms with Crippen molar-refractivity contribution in [2.24, 2.45) is 0 Å². The number of hydrogen-bond donors (Lipinski definition) is 1. The Labute approximate surface area is 181 Å². The summed E-state index contributed by atoms with van der Waals surface area (Å²) in [6.45, 7) is 11.1. The molecule has 6 heteroatoms. The van der Waals surface area contributed by atoms with Crippen LogP contribution in [-0.2, 0) is 16.0 Å². The average molecular weight is 419 g/mol. The number of morpholine rings is 1. The lowest BCUT2D eigenvalue weighted by Crippen LogP contribution is -2.47. The summed E-state index contributed by atoms with van der Waals surface area (Å²) >= 11 is 0. The highest BCUT2D eigenvalue weighted by Gasteiger charge is 2.38. The van der Waals surface area contributed by atoms with Gasteiger partial charge in [-0.1, -0.05) is 12.1 Å². The predicted octanol–water partition coefficient (Wildman–Crippen LogP) is 2.68. The van der Waals surface area contributed by atoms with E-state index < -0.39 is 6.10 Å². The highest BCUT2D eigenvalue weighted by Crippen LogP contribution is 2.35. The van der Waals surface area contributed by atoms with Gasteiger partial charge in [-0.15, -0.1) is 0 Å². The highest BCUT2D eigenvalue weighted by molar-refractivity contribution is 5.27. The molecule has 1 unspecified atom stereocenters.